The van der Waals surface area contributed by atoms with E-state index in [1.165, 1.54) is 24.8 Å². The van der Waals surface area contributed by atoms with Crippen LogP contribution in [0.25, 0.3) is 0 Å². The Morgan fingerprint density at radius 2 is 2.44 bits per heavy atom. The van der Waals surface area contributed by atoms with E-state index in [1.54, 1.807) is 0 Å². The zero-order valence-electron chi connectivity index (χ0n) is 9.66. The number of nitrogen functional groups attached to an aromatic ring is 1. The van der Waals surface area contributed by atoms with Crippen molar-refractivity contribution in [1.82, 2.24) is 4.98 Å². The van der Waals surface area contributed by atoms with Crippen molar-refractivity contribution in [2.75, 3.05) is 5.73 Å². The van der Waals surface area contributed by atoms with Crippen LogP contribution in [0.5, 0.6) is 0 Å². The van der Waals surface area contributed by atoms with Crippen molar-refractivity contribution in [3.8, 4) is 6.07 Å². The third-order valence-electron chi connectivity index (χ3n) is 3.42. The van der Waals surface area contributed by atoms with Crippen molar-refractivity contribution in [3.05, 3.63) is 22.9 Å². The average Bonchev–Trinajstić information content (AvgIpc) is 2.30. The fourth-order valence-electron chi connectivity index (χ4n) is 2.61. The van der Waals surface area contributed by atoms with Gasteiger partial charge >= 0.3 is 0 Å². The number of hydrogen-bond acceptors (Lipinski definition) is 3. The van der Waals surface area contributed by atoms with E-state index in [9.17, 15) is 0 Å². The van der Waals surface area contributed by atoms with Crippen LogP contribution in [0.4, 0.5) is 5.82 Å². The Hall–Kier alpha value is -1.56. The lowest BCUT2D eigenvalue weighted by Crippen LogP contribution is -2.16. The number of nitrogens with two attached hydrogens (primary N) is 1. The van der Waals surface area contributed by atoms with Gasteiger partial charge in [-0.15, -0.1) is 0 Å². The molecule has 2 N–H and O–H groups in total. The summed E-state index contributed by atoms with van der Waals surface area (Å²) < 4.78 is 0. The summed E-state index contributed by atoms with van der Waals surface area (Å²) in [5.41, 5.74) is 8.69. The first kappa shape index (κ1) is 10.9. The van der Waals surface area contributed by atoms with Gasteiger partial charge in [-0.3, -0.25) is 0 Å². The lowest BCUT2D eigenvalue weighted by Gasteiger charge is -2.24. The number of pyridine rings is 1. The van der Waals surface area contributed by atoms with Gasteiger partial charge in [0.25, 0.3) is 0 Å². The standard InChI is InChI=1S/C13H17N3/c1-2-3-9-4-5-11-10(6-9)8-16-13(15)12(11)7-14/h8-9H,2-6H2,1H3,(H2,15,16). The van der Waals surface area contributed by atoms with E-state index in [4.69, 9.17) is 11.0 Å². The number of fused-ring (bicyclic) bond motifs is 1. The van der Waals surface area contributed by atoms with Gasteiger partial charge in [0.15, 0.2) is 0 Å². The van der Waals surface area contributed by atoms with Crippen LogP contribution in [0.3, 0.4) is 0 Å². The Morgan fingerprint density at radius 1 is 1.62 bits per heavy atom. The highest BCUT2D eigenvalue weighted by molar-refractivity contribution is 5.55. The molecular formula is C13H17N3. The molecule has 0 fully saturated rings. The van der Waals surface area contributed by atoms with Crippen molar-refractivity contribution < 1.29 is 0 Å². The van der Waals surface area contributed by atoms with Gasteiger partial charge in [-0.2, -0.15) is 5.26 Å². The minimum absolute atomic E-state index is 0.384. The maximum absolute atomic E-state index is 9.07. The molecule has 0 radical (unpaired) electrons. The molecule has 0 saturated heterocycles. The summed E-state index contributed by atoms with van der Waals surface area (Å²) in [5, 5.41) is 9.07. The van der Waals surface area contributed by atoms with Crippen LogP contribution in [0, 0.1) is 17.2 Å². The first-order valence-electron chi connectivity index (χ1n) is 5.92. The van der Waals surface area contributed by atoms with E-state index in [0.29, 0.717) is 11.4 Å². The van der Waals surface area contributed by atoms with Crippen LogP contribution >= 0.6 is 0 Å². The number of hydrogen-bond donors (Lipinski definition) is 1. The molecule has 0 saturated carbocycles. The number of nitriles is 1. The van der Waals surface area contributed by atoms with E-state index in [2.05, 4.69) is 18.0 Å². The van der Waals surface area contributed by atoms with Crippen LogP contribution in [-0.2, 0) is 12.8 Å². The molecular weight excluding hydrogens is 198 g/mol. The third-order valence-corrected chi connectivity index (χ3v) is 3.42. The number of rotatable bonds is 2. The van der Waals surface area contributed by atoms with E-state index in [-0.39, 0.29) is 0 Å². The molecule has 1 aliphatic carbocycles. The first-order chi connectivity index (χ1) is 7.76. The largest absolute Gasteiger partial charge is 0.383 e. The molecule has 1 heterocycles. The Bertz CT molecular complexity index is 432. The molecule has 2 rings (SSSR count). The summed E-state index contributed by atoms with van der Waals surface area (Å²) in [7, 11) is 0. The highest BCUT2D eigenvalue weighted by atomic mass is 14.8. The van der Waals surface area contributed by atoms with E-state index in [0.717, 1.165) is 24.3 Å². The molecule has 16 heavy (non-hydrogen) atoms. The Morgan fingerprint density at radius 3 is 3.12 bits per heavy atom. The van der Waals surface area contributed by atoms with Crippen LogP contribution in [0.15, 0.2) is 6.20 Å². The van der Waals surface area contributed by atoms with Gasteiger partial charge in [-0.25, -0.2) is 4.98 Å². The van der Waals surface area contributed by atoms with Gasteiger partial charge in [-0.05, 0) is 36.3 Å². The van der Waals surface area contributed by atoms with E-state index >= 15 is 0 Å². The Balaban J connectivity index is 2.32. The van der Waals surface area contributed by atoms with Crippen LogP contribution < -0.4 is 5.73 Å². The molecule has 3 heteroatoms. The lowest BCUT2D eigenvalue weighted by atomic mass is 9.81. The van der Waals surface area contributed by atoms with Crippen LogP contribution in [0.2, 0.25) is 0 Å². The highest BCUT2D eigenvalue weighted by Gasteiger charge is 2.21. The van der Waals surface area contributed by atoms with Gasteiger partial charge in [-0.1, -0.05) is 19.8 Å². The maximum atomic E-state index is 9.07. The topological polar surface area (TPSA) is 62.7 Å². The minimum atomic E-state index is 0.384. The van der Waals surface area contributed by atoms with Gasteiger partial charge in [0.05, 0.1) is 5.56 Å². The molecule has 84 valence electrons. The SMILES string of the molecule is CCCC1CCc2c(cnc(N)c2C#N)C1. The second kappa shape index (κ2) is 4.52. The predicted molar refractivity (Wildman–Crippen MR) is 63.8 cm³/mol. The van der Waals surface area contributed by atoms with Crippen molar-refractivity contribution in [1.29, 1.82) is 5.26 Å². The average molecular weight is 215 g/mol. The zero-order chi connectivity index (χ0) is 11.5. The second-order valence-corrected chi connectivity index (χ2v) is 4.53. The smallest absolute Gasteiger partial charge is 0.141 e. The van der Waals surface area contributed by atoms with Crippen molar-refractivity contribution >= 4 is 5.82 Å². The molecule has 0 aromatic carbocycles. The molecule has 1 aliphatic rings. The summed E-state index contributed by atoms with van der Waals surface area (Å²) in [6.45, 7) is 2.22. The summed E-state index contributed by atoms with van der Waals surface area (Å²) in [6, 6.07) is 2.18. The van der Waals surface area contributed by atoms with E-state index < -0.39 is 0 Å². The quantitative estimate of drug-likeness (QED) is 0.824. The molecule has 1 aromatic rings. The summed E-state index contributed by atoms with van der Waals surface area (Å²) >= 11 is 0. The van der Waals surface area contributed by atoms with Crippen LogP contribution in [0.1, 0.15) is 42.9 Å². The molecule has 0 amide bonds. The number of anilines is 1. The molecule has 3 nitrogen and oxygen atoms in total. The van der Waals surface area contributed by atoms with Crippen molar-refractivity contribution in [3.63, 3.8) is 0 Å². The molecule has 0 aliphatic heterocycles. The normalized spacial score (nSPS) is 18.9. The summed E-state index contributed by atoms with van der Waals surface area (Å²) in [4.78, 5) is 4.11. The lowest BCUT2D eigenvalue weighted by molar-refractivity contribution is 0.422. The molecule has 1 atom stereocenters. The van der Waals surface area contributed by atoms with Crippen LogP contribution in [-0.4, -0.2) is 4.98 Å². The van der Waals surface area contributed by atoms with Gasteiger partial charge in [0.1, 0.15) is 11.9 Å². The number of aromatic nitrogens is 1. The Labute approximate surface area is 96.3 Å². The molecule has 1 unspecified atom stereocenters. The monoisotopic (exact) mass is 215 g/mol. The maximum Gasteiger partial charge on any atom is 0.141 e. The van der Waals surface area contributed by atoms with Gasteiger partial charge in [0.2, 0.25) is 0 Å². The molecule has 0 spiro atoms. The van der Waals surface area contributed by atoms with E-state index in [1.807, 2.05) is 6.20 Å². The second-order valence-electron chi connectivity index (χ2n) is 4.53. The molecule has 1 aromatic heterocycles. The Kier molecular flexibility index (Phi) is 3.09. The number of nitrogens with zero attached hydrogens (tertiary/aromatic N) is 2. The fourth-order valence-corrected chi connectivity index (χ4v) is 2.61. The zero-order valence-corrected chi connectivity index (χ0v) is 9.66. The predicted octanol–water partition coefficient (Wildman–Crippen LogP) is 2.44. The highest BCUT2D eigenvalue weighted by Crippen LogP contribution is 2.31. The van der Waals surface area contributed by atoms with Gasteiger partial charge in [0, 0.05) is 6.20 Å². The van der Waals surface area contributed by atoms with Crippen molar-refractivity contribution in [2.45, 2.75) is 39.0 Å². The molecule has 0 bridgehead atoms. The fraction of sp³-hybridized carbons (Fsp3) is 0.538. The third kappa shape index (κ3) is 1.88. The van der Waals surface area contributed by atoms with Gasteiger partial charge < -0.3 is 5.73 Å². The summed E-state index contributed by atoms with van der Waals surface area (Å²) in [5.74, 6) is 1.14. The van der Waals surface area contributed by atoms with Crippen molar-refractivity contribution in [2.24, 2.45) is 5.92 Å². The first-order valence-corrected chi connectivity index (χ1v) is 5.92. The minimum Gasteiger partial charge on any atom is -0.383 e. The summed E-state index contributed by atoms with van der Waals surface area (Å²) in [6.07, 6.45) is 7.58.